The van der Waals surface area contributed by atoms with Crippen molar-refractivity contribution in [2.24, 2.45) is 5.92 Å². The zero-order chi connectivity index (χ0) is 17.0. The second-order valence-electron chi connectivity index (χ2n) is 5.76. The van der Waals surface area contributed by atoms with E-state index in [1.54, 1.807) is 18.3 Å². The standard InChI is InChI=1S/C17H23N3O3/c1-4-12(5-2)14(21)10-19-16(22)13-9-18-15-8-11(3)6-7-20(15)17(13)23/h6-9,12,14,21H,4-5,10H2,1-3H3,(H,19,22). The number of hydrogen-bond donors (Lipinski definition) is 2. The topological polar surface area (TPSA) is 83.7 Å². The van der Waals surface area contributed by atoms with Crippen LogP contribution in [-0.2, 0) is 0 Å². The summed E-state index contributed by atoms with van der Waals surface area (Å²) >= 11 is 0. The molecule has 2 aromatic rings. The van der Waals surface area contributed by atoms with Crippen LogP contribution in [0.15, 0.2) is 29.3 Å². The third-order valence-electron chi connectivity index (χ3n) is 4.17. The number of fused-ring (bicyclic) bond motifs is 1. The number of aryl methyl sites for hydroxylation is 1. The summed E-state index contributed by atoms with van der Waals surface area (Å²) < 4.78 is 1.35. The molecule has 1 atom stereocenters. The second-order valence-corrected chi connectivity index (χ2v) is 5.76. The molecule has 6 nitrogen and oxygen atoms in total. The lowest BCUT2D eigenvalue weighted by atomic mass is 9.96. The molecule has 0 spiro atoms. The summed E-state index contributed by atoms with van der Waals surface area (Å²) in [7, 11) is 0. The van der Waals surface area contributed by atoms with Gasteiger partial charge < -0.3 is 10.4 Å². The minimum absolute atomic E-state index is 0.0249. The van der Waals surface area contributed by atoms with Gasteiger partial charge in [0.25, 0.3) is 11.5 Å². The fraction of sp³-hybridized carbons (Fsp3) is 0.471. The molecular weight excluding hydrogens is 294 g/mol. The van der Waals surface area contributed by atoms with Gasteiger partial charge >= 0.3 is 0 Å². The van der Waals surface area contributed by atoms with Gasteiger partial charge in [-0.25, -0.2) is 4.98 Å². The Morgan fingerprint density at radius 2 is 2.09 bits per heavy atom. The number of pyridine rings is 1. The summed E-state index contributed by atoms with van der Waals surface area (Å²) in [6.45, 7) is 6.04. The second kappa shape index (κ2) is 7.37. The molecule has 0 saturated carbocycles. The highest BCUT2D eigenvalue weighted by Crippen LogP contribution is 2.12. The smallest absolute Gasteiger partial charge is 0.270 e. The van der Waals surface area contributed by atoms with E-state index in [0.717, 1.165) is 18.4 Å². The lowest BCUT2D eigenvalue weighted by Gasteiger charge is -2.20. The highest BCUT2D eigenvalue weighted by Gasteiger charge is 2.18. The van der Waals surface area contributed by atoms with Crippen molar-refractivity contribution in [3.05, 3.63) is 46.0 Å². The number of rotatable bonds is 6. The molecule has 0 bridgehead atoms. The average Bonchev–Trinajstić information content (AvgIpc) is 2.54. The molecule has 6 heteroatoms. The maximum absolute atomic E-state index is 12.4. The van der Waals surface area contributed by atoms with Crippen LogP contribution in [-0.4, -0.2) is 33.0 Å². The predicted molar refractivity (Wildman–Crippen MR) is 88.6 cm³/mol. The minimum Gasteiger partial charge on any atom is -0.391 e. The number of aliphatic hydroxyl groups excluding tert-OH is 1. The quantitative estimate of drug-likeness (QED) is 0.846. The monoisotopic (exact) mass is 317 g/mol. The van der Waals surface area contributed by atoms with Crippen LogP contribution in [0.2, 0.25) is 0 Å². The van der Waals surface area contributed by atoms with E-state index in [0.29, 0.717) is 5.65 Å². The predicted octanol–water partition coefficient (Wildman–Crippen LogP) is 1.53. The van der Waals surface area contributed by atoms with Crippen molar-refractivity contribution < 1.29 is 9.90 Å². The molecule has 0 aromatic carbocycles. The number of hydrogen-bond acceptors (Lipinski definition) is 4. The molecule has 2 heterocycles. The van der Waals surface area contributed by atoms with E-state index < -0.39 is 17.6 Å². The van der Waals surface area contributed by atoms with Crippen LogP contribution >= 0.6 is 0 Å². The number of amides is 1. The Kier molecular flexibility index (Phi) is 5.50. The molecule has 0 aliphatic heterocycles. The first-order chi connectivity index (χ1) is 11.0. The van der Waals surface area contributed by atoms with Crippen molar-refractivity contribution in [1.29, 1.82) is 0 Å². The van der Waals surface area contributed by atoms with Crippen molar-refractivity contribution >= 4 is 11.6 Å². The third-order valence-corrected chi connectivity index (χ3v) is 4.17. The Morgan fingerprint density at radius 1 is 1.39 bits per heavy atom. The molecule has 0 radical (unpaired) electrons. The van der Waals surface area contributed by atoms with Crippen molar-refractivity contribution in [3.63, 3.8) is 0 Å². The third kappa shape index (κ3) is 3.76. The van der Waals surface area contributed by atoms with Crippen molar-refractivity contribution in [1.82, 2.24) is 14.7 Å². The van der Waals surface area contributed by atoms with Gasteiger partial charge in [-0.2, -0.15) is 0 Å². The average molecular weight is 317 g/mol. The van der Waals surface area contributed by atoms with Gasteiger partial charge in [0.15, 0.2) is 0 Å². The Labute approximate surface area is 135 Å². The van der Waals surface area contributed by atoms with Gasteiger partial charge in [-0.3, -0.25) is 14.0 Å². The first-order valence-corrected chi connectivity index (χ1v) is 7.92. The number of nitrogens with zero attached hydrogens (tertiary/aromatic N) is 2. The van der Waals surface area contributed by atoms with E-state index in [4.69, 9.17) is 0 Å². The minimum atomic E-state index is -0.618. The van der Waals surface area contributed by atoms with Gasteiger partial charge in [0.05, 0.1) is 6.10 Å². The zero-order valence-corrected chi connectivity index (χ0v) is 13.7. The molecule has 0 aliphatic rings. The molecule has 0 fully saturated rings. The van der Waals surface area contributed by atoms with E-state index in [1.165, 1.54) is 10.6 Å². The van der Waals surface area contributed by atoms with Crippen LogP contribution in [0.1, 0.15) is 42.6 Å². The highest BCUT2D eigenvalue weighted by atomic mass is 16.3. The summed E-state index contributed by atoms with van der Waals surface area (Å²) in [5.74, 6) is -0.378. The summed E-state index contributed by atoms with van der Waals surface area (Å²) in [5.41, 5.74) is 1.05. The van der Waals surface area contributed by atoms with Crippen molar-refractivity contribution in [2.45, 2.75) is 39.7 Å². The lowest BCUT2D eigenvalue weighted by molar-refractivity contribution is 0.0815. The summed E-state index contributed by atoms with van der Waals surface area (Å²) in [6.07, 6.45) is 3.96. The molecule has 124 valence electrons. The van der Waals surface area contributed by atoms with E-state index in [2.05, 4.69) is 10.3 Å². The fourth-order valence-electron chi connectivity index (χ4n) is 2.62. The van der Waals surface area contributed by atoms with E-state index in [9.17, 15) is 14.7 Å². The number of aromatic nitrogens is 2. The van der Waals surface area contributed by atoms with Crippen LogP contribution in [0.4, 0.5) is 0 Å². The molecule has 1 amide bonds. The first kappa shape index (κ1) is 17.1. The normalized spacial score (nSPS) is 12.6. The Bertz CT molecular complexity index is 750. The van der Waals surface area contributed by atoms with Crippen molar-refractivity contribution in [3.8, 4) is 0 Å². The van der Waals surface area contributed by atoms with Crippen molar-refractivity contribution in [2.75, 3.05) is 6.54 Å². The number of aliphatic hydroxyl groups is 1. The van der Waals surface area contributed by atoms with Gasteiger partial charge in [-0.1, -0.05) is 26.7 Å². The maximum Gasteiger partial charge on any atom is 0.270 e. The molecule has 2 N–H and O–H groups in total. The van der Waals surface area contributed by atoms with E-state index in [1.807, 2.05) is 20.8 Å². The zero-order valence-electron chi connectivity index (χ0n) is 13.7. The molecular formula is C17H23N3O3. The van der Waals surface area contributed by atoms with Gasteiger partial charge in [0.1, 0.15) is 11.2 Å². The van der Waals surface area contributed by atoms with Gasteiger partial charge in [0.2, 0.25) is 0 Å². The Hall–Kier alpha value is -2.21. The number of nitrogens with one attached hydrogen (secondary N) is 1. The van der Waals surface area contributed by atoms with Crippen LogP contribution in [0.25, 0.3) is 5.65 Å². The van der Waals surface area contributed by atoms with Crippen LogP contribution in [0.5, 0.6) is 0 Å². The SMILES string of the molecule is CCC(CC)C(O)CNC(=O)c1cnc2cc(C)ccn2c1=O. The molecule has 2 rings (SSSR count). The molecule has 0 aliphatic carbocycles. The summed E-state index contributed by atoms with van der Waals surface area (Å²) in [5, 5.41) is 12.7. The summed E-state index contributed by atoms with van der Waals surface area (Å²) in [6, 6.07) is 3.56. The number of carbonyl (C=O) groups is 1. The molecule has 2 aromatic heterocycles. The first-order valence-electron chi connectivity index (χ1n) is 7.92. The molecule has 1 unspecified atom stereocenters. The number of carbonyl (C=O) groups excluding carboxylic acids is 1. The van der Waals surface area contributed by atoms with Crippen LogP contribution in [0.3, 0.4) is 0 Å². The van der Waals surface area contributed by atoms with Crippen LogP contribution < -0.4 is 10.9 Å². The van der Waals surface area contributed by atoms with E-state index >= 15 is 0 Å². The molecule has 0 saturated heterocycles. The largest absolute Gasteiger partial charge is 0.391 e. The Balaban J connectivity index is 2.17. The highest BCUT2D eigenvalue weighted by molar-refractivity contribution is 5.93. The van der Waals surface area contributed by atoms with E-state index in [-0.39, 0.29) is 18.0 Å². The summed E-state index contributed by atoms with van der Waals surface area (Å²) in [4.78, 5) is 28.7. The van der Waals surface area contributed by atoms with Crippen LogP contribution in [0, 0.1) is 12.8 Å². The maximum atomic E-state index is 12.4. The van der Waals surface area contributed by atoms with Gasteiger partial charge in [0, 0.05) is 18.9 Å². The van der Waals surface area contributed by atoms with Gasteiger partial charge in [-0.05, 0) is 30.5 Å². The Morgan fingerprint density at radius 3 is 2.74 bits per heavy atom. The fourth-order valence-corrected chi connectivity index (χ4v) is 2.62. The van der Waals surface area contributed by atoms with Gasteiger partial charge in [-0.15, -0.1) is 0 Å². The molecule has 23 heavy (non-hydrogen) atoms. The lowest BCUT2D eigenvalue weighted by Crippen LogP contribution is -2.38.